The average Bonchev–Trinajstić information content (AvgIpc) is 1.12. The Balaban J connectivity index is -0.00000000241. The Morgan fingerprint density at radius 1 is 0.458 bits per heavy atom. The molecule has 0 aromatic heterocycles. The fourth-order valence-corrected chi connectivity index (χ4v) is 0. The summed E-state index contributed by atoms with van der Waals surface area (Å²) in [5.74, 6) is 0. The minimum Gasteiger partial charge on any atom is -0.790 e. The molecule has 0 aliphatic heterocycles. The Kier molecular flexibility index (Phi) is 511. The Bertz CT molecular complexity index is 132. The van der Waals surface area contributed by atoms with Gasteiger partial charge in [-0.2, -0.15) is 0 Å². The van der Waals surface area contributed by atoms with Crippen LogP contribution >= 0.6 is 15.6 Å². The SMILES string of the molecule is O.O.O.O.O.O.O.O.O.O.O.O.O=P(O)(O)O.O=P([O-])([O-])O.[Na+].[Na+]. The minimum atomic E-state index is -5.14. The summed E-state index contributed by atoms with van der Waals surface area (Å²) < 4.78 is 17.5. The van der Waals surface area contributed by atoms with Gasteiger partial charge in [-0.1, -0.05) is 0 Å². The molecular formula is H28Na2O20P2. The van der Waals surface area contributed by atoms with Gasteiger partial charge in [-0.25, -0.2) is 4.57 Å². The first kappa shape index (κ1) is 166. The van der Waals surface area contributed by atoms with Crippen molar-refractivity contribution in [3.63, 3.8) is 0 Å². The molecule has 0 fully saturated rings. The Morgan fingerprint density at radius 2 is 0.458 bits per heavy atom. The fourth-order valence-electron chi connectivity index (χ4n) is 0. The maximum absolute atomic E-state index is 8.88. The smallest absolute Gasteiger partial charge is 0.790 e. The summed E-state index contributed by atoms with van der Waals surface area (Å²) in [6.45, 7) is 0. The zero-order valence-corrected chi connectivity index (χ0v) is 18.1. The Morgan fingerprint density at radius 3 is 0.458 bits per heavy atom. The van der Waals surface area contributed by atoms with Gasteiger partial charge in [0.05, 0.1) is 7.82 Å². The van der Waals surface area contributed by atoms with E-state index in [0.717, 1.165) is 0 Å². The number of phosphoric acid groups is 2. The van der Waals surface area contributed by atoms with Crippen molar-refractivity contribution in [3.05, 3.63) is 0 Å². The first-order chi connectivity index (χ1) is 4.00. The van der Waals surface area contributed by atoms with Gasteiger partial charge in [-0.15, -0.1) is 0 Å². The van der Waals surface area contributed by atoms with Gasteiger partial charge in [0.15, 0.2) is 0 Å². The van der Waals surface area contributed by atoms with E-state index in [0.29, 0.717) is 0 Å². The van der Waals surface area contributed by atoms with Crippen LogP contribution in [0.2, 0.25) is 0 Å². The van der Waals surface area contributed by atoms with Crippen LogP contribution in [0.1, 0.15) is 0 Å². The molecule has 0 radical (unpaired) electrons. The average molecular weight is 456 g/mol. The summed E-state index contributed by atoms with van der Waals surface area (Å²) >= 11 is 0. The molecule has 0 aromatic carbocycles. The molecule has 20 nitrogen and oxygen atoms in total. The molecule has 0 aromatic rings. The van der Waals surface area contributed by atoms with E-state index in [4.69, 9.17) is 38.5 Å². The van der Waals surface area contributed by atoms with Crippen LogP contribution in [0.25, 0.3) is 0 Å². The van der Waals surface area contributed by atoms with E-state index in [1.807, 2.05) is 0 Å². The fraction of sp³-hybridized carbons (Fsp3) is 0. The van der Waals surface area contributed by atoms with Crippen LogP contribution in [-0.2, 0) is 9.13 Å². The molecule has 0 aliphatic carbocycles. The first-order valence-electron chi connectivity index (χ1n) is 1.53. The second-order valence-corrected chi connectivity index (χ2v) is 2.95. The molecule has 28 N–H and O–H groups in total. The van der Waals surface area contributed by atoms with Gasteiger partial charge in [0.25, 0.3) is 0 Å². The van der Waals surface area contributed by atoms with Crippen molar-refractivity contribution in [1.29, 1.82) is 0 Å². The van der Waals surface area contributed by atoms with Crippen molar-refractivity contribution in [1.82, 2.24) is 0 Å². The number of hydrogen-bond acceptors (Lipinski definition) is 4. The van der Waals surface area contributed by atoms with E-state index in [9.17, 15) is 0 Å². The first-order valence-corrected chi connectivity index (χ1v) is 4.59. The van der Waals surface area contributed by atoms with Gasteiger partial charge in [-0.3, -0.25) is 0 Å². The molecule has 0 spiro atoms. The quantitative estimate of drug-likeness (QED) is 0.200. The molecule has 0 bridgehead atoms. The van der Waals surface area contributed by atoms with Crippen molar-refractivity contribution < 1.29 is 163 Å². The molecule has 0 saturated heterocycles. The molecule has 0 amide bonds. The van der Waals surface area contributed by atoms with Crippen molar-refractivity contribution in [3.8, 4) is 0 Å². The summed E-state index contributed by atoms with van der Waals surface area (Å²) in [5.41, 5.74) is 0. The summed E-state index contributed by atoms with van der Waals surface area (Å²) in [6.07, 6.45) is 0. The molecule has 24 heavy (non-hydrogen) atoms. The van der Waals surface area contributed by atoms with Gasteiger partial charge < -0.3 is 99.6 Å². The van der Waals surface area contributed by atoms with Gasteiger partial charge in [-0.05, 0) is 0 Å². The van der Waals surface area contributed by atoms with Crippen LogP contribution in [0.3, 0.4) is 0 Å². The van der Waals surface area contributed by atoms with Crippen molar-refractivity contribution in [2.45, 2.75) is 0 Å². The van der Waals surface area contributed by atoms with Gasteiger partial charge >= 0.3 is 66.9 Å². The summed E-state index contributed by atoms with van der Waals surface area (Å²) in [4.78, 5) is 45.8. The third kappa shape index (κ3) is 4050. The van der Waals surface area contributed by atoms with Gasteiger partial charge in [0, 0.05) is 0 Å². The molecule has 0 unspecified atom stereocenters. The predicted octanol–water partition coefficient (Wildman–Crippen LogP) is -19.0. The zero-order valence-electron chi connectivity index (χ0n) is 12.3. The van der Waals surface area contributed by atoms with Crippen molar-refractivity contribution in [2.75, 3.05) is 0 Å². The van der Waals surface area contributed by atoms with Crippen LogP contribution in [0, 0.1) is 0 Å². The molecule has 0 heterocycles. The monoisotopic (exact) mass is 456 g/mol. The van der Waals surface area contributed by atoms with Crippen molar-refractivity contribution in [2.24, 2.45) is 0 Å². The van der Waals surface area contributed by atoms with E-state index in [2.05, 4.69) is 0 Å². The van der Waals surface area contributed by atoms with Crippen molar-refractivity contribution >= 4 is 15.6 Å². The van der Waals surface area contributed by atoms with E-state index in [1.54, 1.807) is 0 Å². The third-order valence-corrected chi connectivity index (χ3v) is 0. The van der Waals surface area contributed by atoms with Gasteiger partial charge in [0.2, 0.25) is 0 Å². The third-order valence-electron chi connectivity index (χ3n) is 0. The van der Waals surface area contributed by atoms with Crippen LogP contribution in [0.5, 0.6) is 0 Å². The molecular weight excluding hydrogens is 428 g/mol. The van der Waals surface area contributed by atoms with E-state index in [1.165, 1.54) is 0 Å². The second-order valence-electron chi connectivity index (χ2n) is 0.982. The molecule has 0 rings (SSSR count). The van der Waals surface area contributed by atoms with Crippen LogP contribution in [-0.4, -0.2) is 85.3 Å². The zero-order chi connectivity index (χ0) is 9.00. The normalized spacial score (nSPS) is 4.92. The molecule has 0 aliphatic rings. The summed E-state index contributed by atoms with van der Waals surface area (Å²) in [6, 6.07) is 0. The maximum atomic E-state index is 8.88. The molecule has 0 saturated carbocycles. The Labute approximate surface area is 178 Å². The standard InChI is InChI=1S/2Na.2H3O4P.12H2O/c;;2*1-5(2,3)4;;;;;;;;;;;;/h;;2*(H3,1,2,3,4);12*1H2/q2*+1;;;;;;;;;;;;;;/p-2. The predicted molar refractivity (Wildman–Crippen MR) is 67.5 cm³/mol. The largest absolute Gasteiger partial charge is 1.00 e. The van der Waals surface area contributed by atoms with E-state index in [-0.39, 0.29) is 125 Å². The maximum Gasteiger partial charge on any atom is 1.00 e. The second kappa shape index (κ2) is 73.9. The summed E-state index contributed by atoms with van der Waals surface area (Å²) in [5, 5.41) is 0. The summed E-state index contributed by atoms with van der Waals surface area (Å²) in [7, 11) is -9.78. The topological polar surface area (TPSA) is 539 Å². The van der Waals surface area contributed by atoms with Gasteiger partial charge in [0.1, 0.15) is 0 Å². The van der Waals surface area contributed by atoms with E-state index >= 15 is 0 Å². The molecule has 160 valence electrons. The minimum absolute atomic E-state index is 0. The van der Waals surface area contributed by atoms with Crippen LogP contribution in [0.4, 0.5) is 0 Å². The Hall–Kier alpha value is 1.74. The molecule has 0 atom stereocenters. The number of hydrogen-bond donors (Lipinski definition) is 4. The van der Waals surface area contributed by atoms with Crippen LogP contribution < -0.4 is 68.9 Å². The van der Waals surface area contributed by atoms with E-state index < -0.39 is 15.6 Å². The molecule has 24 heteroatoms. The number of rotatable bonds is 0. The van der Waals surface area contributed by atoms with Crippen LogP contribution in [0.15, 0.2) is 0 Å².